The number of hydrogen-bond acceptors (Lipinski definition) is 5. The van der Waals surface area contributed by atoms with E-state index in [4.69, 9.17) is 9.94 Å². The molecule has 0 aromatic heterocycles. The number of nitrogens with one attached hydrogen (secondary N) is 1. The molecule has 2 unspecified atom stereocenters. The SMILES string of the molecule is CC1c2ccccc2SN1OCCCCBr.CCNC(C)O. The van der Waals surface area contributed by atoms with Crippen LogP contribution in [0.2, 0.25) is 0 Å². The Morgan fingerprint density at radius 1 is 1.41 bits per heavy atom. The lowest BCUT2D eigenvalue weighted by atomic mass is 10.1. The van der Waals surface area contributed by atoms with Crippen LogP contribution in [0.3, 0.4) is 0 Å². The molecule has 1 aromatic carbocycles. The fourth-order valence-electron chi connectivity index (χ4n) is 1.98. The number of unbranched alkanes of at least 4 members (excludes halogenated alkanes) is 1. The molecule has 0 bridgehead atoms. The first-order valence-electron chi connectivity index (χ1n) is 7.76. The van der Waals surface area contributed by atoms with Crippen LogP contribution >= 0.6 is 27.9 Å². The molecule has 126 valence electrons. The number of hydrogen-bond donors (Lipinski definition) is 2. The lowest BCUT2D eigenvalue weighted by Crippen LogP contribution is -2.24. The highest BCUT2D eigenvalue weighted by molar-refractivity contribution is 9.09. The predicted molar refractivity (Wildman–Crippen MR) is 96.9 cm³/mol. The Bertz CT molecular complexity index is 421. The first-order chi connectivity index (χ1) is 10.6. The summed E-state index contributed by atoms with van der Waals surface area (Å²) in [6.45, 7) is 7.47. The highest BCUT2D eigenvalue weighted by Crippen LogP contribution is 2.43. The maximum absolute atomic E-state index is 8.44. The average molecular weight is 391 g/mol. The van der Waals surface area contributed by atoms with Gasteiger partial charge in [-0.1, -0.05) is 41.1 Å². The van der Waals surface area contributed by atoms with Gasteiger partial charge in [-0.15, -0.1) is 4.47 Å². The number of nitrogens with zero attached hydrogens (tertiary/aromatic N) is 1. The Labute approximate surface area is 146 Å². The molecule has 1 heterocycles. The van der Waals surface area contributed by atoms with Crippen LogP contribution in [0, 0.1) is 0 Å². The van der Waals surface area contributed by atoms with Crippen LogP contribution in [-0.4, -0.2) is 34.3 Å². The Morgan fingerprint density at radius 2 is 2.14 bits per heavy atom. The number of hydroxylamine groups is 1. The van der Waals surface area contributed by atoms with E-state index in [9.17, 15) is 0 Å². The smallest absolute Gasteiger partial charge is 0.102 e. The first kappa shape index (κ1) is 19.9. The number of aliphatic hydroxyl groups is 1. The largest absolute Gasteiger partial charge is 0.379 e. The summed E-state index contributed by atoms with van der Waals surface area (Å²) in [6, 6.07) is 8.84. The van der Waals surface area contributed by atoms with Crippen LogP contribution in [0.15, 0.2) is 29.2 Å². The summed E-state index contributed by atoms with van der Waals surface area (Å²) in [7, 11) is 0. The van der Waals surface area contributed by atoms with E-state index in [-0.39, 0.29) is 6.23 Å². The van der Waals surface area contributed by atoms with Crippen LogP contribution < -0.4 is 5.32 Å². The zero-order chi connectivity index (χ0) is 16.4. The number of benzene rings is 1. The van der Waals surface area contributed by atoms with Crippen molar-refractivity contribution in [3.8, 4) is 0 Å². The minimum absolute atomic E-state index is 0.352. The van der Waals surface area contributed by atoms with Crippen LogP contribution in [0.25, 0.3) is 0 Å². The van der Waals surface area contributed by atoms with Crippen LogP contribution in [0.4, 0.5) is 0 Å². The molecule has 2 rings (SSSR count). The van der Waals surface area contributed by atoms with Crippen LogP contribution in [0.5, 0.6) is 0 Å². The topological polar surface area (TPSA) is 44.7 Å². The molecule has 0 radical (unpaired) electrons. The highest BCUT2D eigenvalue weighted by atomic mass is 79.9. The molecule has 22 heavy (non-hydrogen) atoms. The lowest BCUT2D eigenvalue weighted by Gasteiger charge is -2.18. The Kier molecular flexibility index (Phi) is 10.4. The third-order valence-electron chi connectivity index (χ3n) is 3.12. The second-order valence-electron chi connectivity index (χ2n) is 5.05. The second kappa shape index (κ2) is 11.4. The van der Waals surface area contributed by atoms with Gasteiger partial charge in [0.25, 0.3) is 0 Å². The molecule has 0 spiro atoms. The summed E-state index contributed by atoms with van der Waals surface area (Å²) >= 11 is 5.13. The standard InChI is InChI=1S/C12H16BrNOS.C4H11NO/c1-10-11-6-2-3-7-12(11)16-14(10)15-9-5-4-8-13;1-3-5-4(2)6/h2-3,6-7,10H,4-5,8-9H2,1H3;4-6H,3H2,1-2H3. The molecule has 0 aliphatic carbocycles. The summed E-state index contributed by atoms with van der Waals surface area (Å²) in [4.78, 5) is 7.09. The van der Waals surface area contributed by atoms with Crippen LogP contribution in [-0.2, 0) is 4.84 Å². The molecule has 6 heteroatoms. The number of rotatable bonds is 7. The molecule has 1 aromatic rings. The maximum Gasteiger partial charge on any atom is 0.102 e. The fraction of sp³-hybridized carbons (Fsp3) is 0.625. The molecular formula is C16H27BrN2O2S. The minimum atomic E-state index is -0.352. The van der Waals surface area contributed by atoms with Gasteiger partial charge in [0.05, 0.1) is 12.6 Å². The van der Waals surface area contributed by atoms with Gasteiger partial charge in [-0.2, -0.15) is 0 Å². The van der Waals surface area contributed by atoms with Crippen molar-refractivity contribution in [2.45, 2.75) is 50.8 Å². The van der Waals surface area contributed by atoms with E-state index in [0.717, 1.165) is 24.9 Å². The van der Waals surface area contributed by atoms with Crippen molar-refractivity contribution >= 4 is 27.9 Å². The first-order valence-corrected chi connectivity index (χ1v) is 9.66. The third-order valence-corrected chi connectivity index (χ3v) is 4.85. The summed E-state index contributed by atoms with van der Waals surface area (Å²) in [6.07, 6.45) is 1.92. The average Bonchev–Trinajstić information content (AvgIpc) is 2.81. The van der Waals surface area contributed by atoms with Gasteiger partial charge in [-0.25, -0.2) is 0 Å². The Morgan fingerprint density at radius 3 is 2.68 bits per heavy atom. The normalized spacial score (nSPS) is 18.5. The van der Waals surface area contributed by atoms with Crippen molar-refractivity contribution in [2.24, 2.45) is 0 Å². The number of aliphatic hydroxyl groups excluding tert-OH is 1. The van der Waals surface area contributed by atoms with E-state index in [1.807, 2.05) is 11.4 Å². The van der Waals surface area contributed by atoms with E-state index < -0.39 is 0 Å². The molecule has 0 saturated carbocycles. The second-order valence-corrected chi connectivity index (χ2v) is 6.83. The molecular weight excluding hydrogens is 364 g/mol. The molecule has 0 amide bonds. The molecule has 1 aliphatic rings. The summed E-state index contributed by atoms with van der Waals surface area (Å²) in [5, 5.41) is 12.3. The number of halogens is 1. The van der Waals surface area contributed by atoms with E-state index in [1.54, 1.807) is 18.9 Å². The van der Waals surface area contributed by atoms with Crippen LogP contribution in [0.1, 0.15) is 45.2 Å². The van der Waals surface area contributed by atoms with Crippen molar-refractivity contribution in [1.82, 2.24) is 9.79 Å². The third kappa shape index (κ3) is 6.98. The summed E-state index contributed by atoms with van der Waals surface area (Å²) < 4.78 is 2.01. The van der Waals surface area contributed by atoms with Gasteiger partial charge in [0.1, 0.15) is 6.23 Å². The number of fused-ring (bicyclic) bond motifs is 1. The molecule has 0 fully saturated rings. The van der Waals surface area contributed by atoms with Gasteiger partial charge in [0.2, 0.25) is 0 Å². The van der Waals surface area contributed by atoms with Gasteiger partial charge < -0.3 is 5.11 Å². The fourth-order valence-corrected chi connectivity index (χ4v) is 3.46. The zero-order valence-electron chi connectivity index (χ0n) is 13.6. The number of alkyl halides is 1. The quantitative estimate of drug-likeness (QED) is 0.317. The Balaban J connectivity index is 0.000000346. The van der Waals surface area contributed by atoms with Gasteiger partial charge in [-0.05, 0) is 56.8 Å². The Hall–Kier alpha value is -0.110. The highest BCUT2D eigenvalue weighted by Gasteiger charge is 2.28. The van der Waals surface area contributed by atoms with Gasteiger partial charge in [-0.3, -0.25) is 10.2 Å². The monoisotopic (exact) mass is 390 g/mol. The van der Waals surface area contributed by atoms with Gasteiger partial charge in [0.15, 0.2) is 0 Å². The molecule has 2 N–H and O–H groups in total. The lowest BCUT2D eigenvalue weighted by molar-refractivity contribution is -0.0977. The van der Waals surface area contributed by atoms with E-state index in [2.05, 4.69) is 52.4 Å². The van der Waals surface area contributed by atoms with E-state index >= 15 is 0 Å². The van der Waals surface area contributed by atoms with Crippen molar-refractivity contribution in [1.29, 1.82) is 0 Å². The predicted octanol–water partition coefficient (Wildman–Crippen LogP) is 4.11. The van der Waals surface area contributed by atoms with E-state index in [0.29, 0.717) is 6.04 Å². The maximum atomic E-state index is 8.44. The minimum Gasteiger partial charge on any atom is -0.379 e. The molecule has 4 nitrogen and oxygen atoms in total. The van der Waals surface area contributed by atoms with Crippen molar-refractivity contribution in [3.63, 3.8) is 0 Å². The summed E-state index contributed by atoms with van der Waals surface area (Å²) in [5.74, 6) is 0. The molecule has 2 atom stereocenters. The molecule has 0 saturated heterocycles. The van der Waals surface area contributed by atoms with E-state index in [1.165, 1.54) is 16.9 Å². The van der Waals surface area contributed by atoms with Crippen molar-refractivity contribution in [3.05, 3.63) is 29.8 Å². The molecule has 1 aliphatic heterocycles. The van der Waals surface area contributed by atoms with Gasteiger partial charge >= 0.3 is 0 Å². The summed E-state index contributed by atoms with van der Waals surface area (Å²) in [5.41, 5.74) is 1.37. The zero-order valence-corrected chi connectivity index (χ0v) is 16.0. The van der Waals surface area contributed by atoms with Crippen molar-refractivity contribution in [2.75, 3.05) is 18.5 Å². The van der Waals surface area contributed by atoms with Crippen molar-refractivity contribution < 1.29 is 9.94 Å². The van der Waals surface area contributed by atoms with Gasteiger partial charge in [0, 0.05) is 10.2 Å².